The first kappa shape index (κ1) is 25.6. The van der Waals surface area contributed by atoms with E-state index in [1.54, 1.807) is 26.7 Å². The van der Waals surface area contributed by atoms with Gasteiger partial charge in [0.2, 0.25) is 0 Å². The predicted octanol–water partition coefficient (Wildman–Crippen LogP) is 3.08. The molecule has 0 saturated carbocycles. The fourth-order valence-electron chi connectivity index (χ4n) is 3.53. The van der Waals surface area contributed by atoms with Gasteiger partial charge in [-0.15, -0.1) is 24.8 Å². The summed E-state index contributed by atoms with van der Waals surface area (Å²) in [5.41, 5.74) is 1.93. The zero-order valence-corrected chi connectivity index (χ0v) is 20.3. The molecule has 32 heavy (non-hydrogen) atoms. The largest absolute Gasteiger partial charge is 0.493 e. The number of pyridine rings is 1. The second-order valence-electron chi connectivity index (χ2n) is 6.92. The lowest BCUT2D eigenvalue weighted by atomic mass is 10.2. The molecule has 1 fully saturated rings. The number of fused-ring (bicyclic) bond motifs is 1. The van der Waals surface area contributed by atoms with Crippen molar-refractivity contribution in [1.82, 2.24) is 25.2 Å². The summed E-state index contributed by atoms with van der Waals surface area (Å²) >= 11 is 5.59. The monoisotopic (exact) mass is 496 g/mol. The van der Waals surface area contributed by atoms with Gasteiger partial charge in [-0.25, -0.2) is 9.97 Å². The summed E-state index contributed by atoms with van der Waals surface area (Å²) in [4.78, 5) is 17.5. The maximum Gasteiger partial charge on any atom is 0.169 e. The van der Waals surface area contributed by atoms with Crippen molar-refractivity contribution in [1.29, 1.82) is 0 Å². The van der Waals surface area contributed by atoms with Crippen molar-refractivity contribution >= 4 is 58.9 Å². The number of aromatic nitrogens is 3. The Morgan fingerprint density at radius 1 is 1.06 bits per heavy atom. The summed E-state index contributed by atoms with van der Waals surface area (Å²) in [6.07, 6.45) is 5.20. The van der Waals surface area contributed by atoms with E-state index in [0.29, 0.717) is 18.0 Å². The first-order valence-corrected chi connectivity index (χ1v) is 10.1. The van der Waals surface area contributed by atoms with Gasteiger partial charge in [-0.05, 0) is 29.9 Å². The van der Waals surface area contributed by atoms with Crippen LogP contribution in [0.2, 0.25) is 0 Å². The normalized spacial score (nSPS) is 13.1. The van der Waals surface area contributed by atoms with Crippen molar-refractivity contribution in [3.8, 4) is 11.5 Å². The third-order valence-corrected chi connectivity index (χ3v) is 5.56. The topological polar surface area (TPSA) is 75.6 Å². The average molecular weight is 497 g/mol. The maximum atomic E-state index is 5.59. The molecule has 172 valence electrons. The summed E-state index contributed by atoms with van der Waals surface area (Å²) in [5, 5.41) is 5.03. The van der Waals surface area contributed by atoms with Crippen molar-refractivity contribution in [3.63, 3.8) is 0 Å². The number of nitrogens with one attached hydrogen (secondary N) is 1. The molecular weight excluding hydrogens is 471 g/mol. The number of hydrogen-bond donors (Lipinski definition) is 1. The molecule has 0 aliphatic carbocycles. The Balaban J connectivity index is 0.00000181. The zero-order chi connectivity index (χ0) is 20.9. The molecule has 1 N–H and O–H groups in total. The number of methoxy groups -OCH3 is 2. The van der Waals surface area contributed by atoms with E-state index in [4.69, 9.17) is 21.7 Å². The molecule has 4 rings (SSSR count). The van der Waals surface area contributed by atoms with Crippen LogP contribution in [0.4, 0.5) is 5.82 Å². The first-order valence-electron chi connectivity index (χ1n) is 9.73. The van der Waals surface area contributed by atoms with Gasteiger partial charge in [0, 0.05) is 56.6 Å². The van der Waals surface area contributed by atoms with E-state index in [9.17, 15) is 0 Å². The minimum atomic E-state index is 0. The second-order valence-corrected chi connectivity index (χ2v) is 7.30. The number of hydrogen-bond acceptors (Lipinski definition) is 7. The van der Waals surface area contributed by atoms with Crippen LogP contribution in [0.1, 0.15) is 5.56 Å². The standard InChI is InChI=1S/C21H24N6O2S.2ClH/c1-28-18-10-16-17(11-19(18)29-2)24-14-25-20(16)26-6-8-27(9-7-26)21(30)23-13-15-4-3-5-22-12-15;;/h3-5,10-12,14H,6-9,13H2,1-2H3,(H,23,30);2*1H. The van der Waals surface area contributed by atoms with E-state index >= 15 is 0 Å². The van der Waals surface area contributed by atoms with Crippen LogP contribution in [0.5, 0.6) is 11.5 Å². The molecular formula is C21H26Cl2N6O2S. The number of benzene rings is 1. The van der Waals surface area contributed by atoms with Gasteiger partial charge in [0.1, 0.15) is 12.1 Å². The van der Waals surface area contributed by atoms with Crippen LogP contribution >= 0.6 is 37.0 Å². The molecule has 3 heterocycles. The summed E-state index contributed by atoms with van der Waals surface area (Å²) in [5.74, 6) is 2.22. The number of ether oxygens (including phenoxy) is 2. The zero-order valence-electron chi connectivity index (χ0n) is 17.9. The molecule has 1 aromatic carbocycles. The Morgan fingerprint density at radius 2 is 1.78 bits per heavy atom. The van der Waals surface area contributed by atoms with Crippen molar-refractivity contribution in [3.05, 3.63) is 48.5 Å². The quantitative estimate of drug-likeness (QED) is 0.536. The molecule has 0 unspecified atom stereocenters. The third-order valence-electron chi connectivity index (χ3n) is 5.15. The van der Waals surface area contributed by atoms with Crippen LogP contribution in [0.25, 0.3) is 10.9 Å². The number of rotatable bonds is 5. The molecule has 1 aliphatic heterocycles. The van der Waals surface area contributed by atoms with Gasteiger partial charge >= 0.3 is 0 Å². The van der Waals surface area contributed by atoms with E-state index in [1.165, 1.54) is 0 Å². The van der Waals surface area contributed by atoms with E-state index in [2.05, 4.69) is 30.1 Å². The van der Waals surface area contributed by atoms with Gasteiger partial charge in [0.05, 0.1) is 19.7 Å². The van der Waals surface area contributed by atoms with Gasteiger partial charge in [0.25, 0.3) is 0 Å². The van der Waals surface area contributed by atoms with E-state index in [1.807, 2.05) is 30.5 Å². The SMILES string of the molecule is COc1cc2ncnc(N3CCN(C(=S)NCc4cccnc4)CC3)c2cc1OC.Cl.Cl. The minimum absolute atomic E-state index is 0. The lowest BCUT2D eigenvalue weighted by Gasteiger charge is -2.37. The highest BCUT2D eigenvalue weighted by atomic mass is 35.5. The highest BCUT2D eigenvalue weighted by Gasteiger charge is 2.22. The Labute approximate surface area is 205 Å². The molecule has 8 nitrogen and oxygen atoms in total. The molecule has 2 aromatic heterocycles. The summed E-state index contributed by atoms with van der Waals surface area (Å²) in [6.45, 7) is 3.94. The van der Waals surface area contributed by atoms with Crippen LogP contribution in [0.15, 0.2) is 43.0 Å². The summed E-state index contributed by atoms with van der Waals surface area (Å²) < 4.78 is 10.9. The third kappa shape index (κ3) is 5.59. The predicted molar refractivity (Wildman–Crippen MR) is 135 cm³/mol. The molecule has 3 aromatic rings. The van der Waals surface area contributed by atoms with Crippen LogP contribution in [-0.4, -0.2) is 65.4 Å². The minimum Gasteiger partial charge on any atom is -0.493 e. The van der Waals surface area contributed by atoms with Crippen molar-refractivity contribution in [2.45, 2.75) is 6.54 Å². The highest BCUT2D eigenvalue weighted by Crippen LogP contribution is 2.34. The van der Waals surface area contributed by atoms with Crippen LogP contribution in [0.3, 0.4) is 0 Å². The number of piperazine rings is 1. The molecule has 1 aliphatic rings. The van der Waals surface area contributed by atoms with Gasteiger partial charge in [0.15, 0.2) is 16.6 Å². The van der Waals surface area contributed by atoms with Crippen molar-refractivity contribution in [2.75, 3.05) is 45.3 Å². The second kappa shape index (κ2) is 11.8. The van der Waals surface area contributed by atoms with Crippen LogP contribution in [-0.2, 0) is 6.54 Å². The van der Waals surface area contributed by atoms with E-state index < -0.39 is 0 Å². The lowest BCUT2D eigenvalue weighted by Crippen LogP contribution is -2.51. The Morgan fingerprint density at radius 3 is 2.44 bits per heavy atom. The molecule has 0 radical (unpaired) electrons. The molecule has 1 saturated heterocycles. The molecule has 0 amide bonds. The Kier molecular flexibility index (Phi) is 9.49. The van der Waals surface area contributed by atoms with Crippen LogP contribution < -0.4 is 19.7 Å². The lowest BCUT2D eigenvalue weighted by molar-refractivity contribution is 0.355. The number of halogens is 2. The van der Waals surface area contributed by atoms with Gasteiger partial charge < -0.3 is 24.6 Å². The smallest absolute Gasteiger partial charge is 0.169 e. The Hall–Kier alpha value is -2.62. The number of thiocarbonyl (C=S) groups is 1. The maximum absolute atomic E-state index is 5.59. The number of nitrogens with zero attached hydrogens (tertiary/aromatic N) is 5. The van der Waals surface area contributed by atoms with E-state index in [-0.39, 0.29) is 24.8 Å². The fraction of sp³-hybridized carbons (Fsp3) is 0.333. The highest BCUT2D eigenvalue weighted by molar-refractivity contribution is 7.80. The Bertz CT molecular complexity index is 1040. The first-order chi connectivity index (χ1) is 14.7. The summed E-state index contributed by atoms with van der Waals surface area (Å²) in [6, 6.07) is 7.78. The molecule has 11 heteroatoms. The number of anilines is 1. The van der Waals surface area contributed by atoms with Crippen molar-refractivity contribution < 1.29 is 9.47 Å². The molecule has 0 bridgehead atoms. The van der Waals surface area contributed by atoms with Gasteiger partial charge in [-0.1, -0.05) is 6.07 Å². The fourth-order valence-corrected chi connectivity index (χ4v) is 3.79. The summed E-state index contributed by atoms with van der Waals surface area (Å²) in [7, 11) is 3.25. The van der Waals surface area contributed by atoms with Crippen LogP contribution in [0, 0.1) is 0 Å². The van der Waals surface area contributed by atoms with Crippen molar-refractivity contribution in [2.24, 2.45) is 0 Å². The average Bonchev–Trinajstić information content (AvgIpc) is 2.82. The molecule has 0 spiro atoms. The van der Waals surface area contributed by atoms with Gasteiger partial charge in [-0.3, -0.25) is 4.98 Å². The molecule has 0 atom stereocenters. The van der Waals surface area contributed by atoms with E-state index in [0.717, 1.165) is 53.6 Å². The van der Waals surface area contributed by atoms with Gasteiger partial charge in [-0.2, -0.15) is 0 Å².